The van der Waals surface area contributed by atoms with Gasteiger partial charge in [0.1, 0.15) is 5.69 Å². The Morgan fingerprint density at radius 2 is 2.10 bits per heavy atom. The summed E-state index contributed by atoms with van der Waals surface area (Å²) in [5.74, 6) is 0. The molecule has 6 nitrogen and oxygen atoms in total. The van der Waals surface area contributed by atoms with Crippen LogP contribution in [-0.4, -0.2) is 55.0 Å². The van der Waals surface area contributed by atoms with Crippen molar-refractivity contribution in [2.75, 3.05) is 45.6 Å². The van der Waals surface area contributed by atoms with E-state index in [9.17, 15) is 10.1 Å². The SMILES string of the molecule is CNc1cc(CN(C)CCN2CCCC2)ccc1[N+](=O)[O-]. The first kappa shape index (κ1) is 15.7. The Morgan fingerprint density at radius 3 is 2.71 bits per heavy atom. The van der Waals surface area contributed by atoms with Gasteiger partial charge in [-0.15, -0.1) is 0 Å². The smallest absolute Gasteiger partial charge is 0.292 e. The van der Waals surface area contributed by atoms with Crippen molar-refractivity contribution in [1.29, 1.82) is 0 Å². The van der Waals surface area contributed by atoms with Gasteiger partial charge in [-0.05, 0) is 44.6 Å². The number of hydrogen-bond acceptors (Lipinski definition) is 5. The van der Waals surface area contributed by atoms with E-state index in [0.29, 0.717) is 5.69 Å². The Balaban J connectivity index is 1.90. The van der Waals surface area contributed by atoms with Gasteiger partial charge in [0.05, 0.1) is 4.92 Å². The summed E-state index contributed by atoms with van der Waals surface area (Å²) in [6.07, 6.45) is 2.63. The number of nitro benzene ring substituents is 1. The van der Waals surface area contributed by atoms with Gasteiger partial charge in [-0.1, -0.05) is 6.07 Å². The van der Waals surface area contributed by atoms with E-state index in [4.69, 9.17) is 0 Å². The quantitative estimate of drug-likeness (QED) is 0.616. The molecule has 116 valence electrons. The first-order valence-electron chi connectivity index (χ1n) is 7.46. The van der Waals surface area contributed by atoms with Crippen LogP contribution in [0, 0.1) is 10.1 Å². The fourth-order valence-electron chi connectivity index (χ4n) is 2.75. The third-order valence-corrected chi connectivity index (χ3v) is 3.98. The number of hydrogen-bond donors (Lipinski definition) is 1. The summed E-state index contributed by atoms with van der Waals surface area (Å²) in [4.78, 5) is 15.3. The van der Waals surface area contributed by atoms with Crippen LogP contribution in [0.2, 0.25) is 0 Å². The Labute approximate surface area is 125 Å². The van der Waals surface area contributed by atoms with Crippen molar-refractivity contribution in [2.24, 2.45) is 0 Å². The van der Waals surface area contributed by atoms with Gasteiger partial charge in [0.15, 0.2) is 0 Å². The molecule has 1 fully saturated rings. The van der Waals surface area contributed by atoms with Gasteiger partial charge in [0.25, 0.3) is 5.69 Å². The molecule has 1 saturated heterocycles. The third kappa shape index (κ3) is 4.41. The van der Waals surface area contributed by atoms with Gasteiger partial charge < -0.3 is 15.1 Å². The largest absolute Gasteiger partial charge is 0.383 e. The molecule has 0 saturated carbocycles. The molecule has 0 radical (unpaired) electrons. The molecule has 0 atom stereocenters. The molecule has 1 aromatic rings. The lowest BCUT2D eigenvalue weighted by Gasteiger charge is -2.21. The van der Waals surface area contributed by atoms with Crippen molar-refractivity contribution in [3.63, 3.8) is 0 Å². The van der Waals surface area contributed by atoms with E-state index >= 15 is 0 Å². The van der Waals surface area contributed by atoms with Crippen LogP contribution >= 0.6 is 0 Å². The van der Waals surface area contributed by atoms with E-state index in [0.717, 1.165) is 25.2 Å². The minimum Gasteiger partial charge on any atom is -0.383 e. The summed E-state index contributed by atoms with van der Waals surface area (Å²) < 4.78 is 0. The van der Waals surface area contributed by atoms with Gasteiger partial charge in [-0.25, -0.2) is 0 Å². The lowest BCUT2D eigenvalue weighted by molar-refractivity contribution is -0.384. The molecule has 1 aromatic carbocycles. The first-order valence-corrected chi connectivity index (χ1v) is 7.46. The summed E-state index contributed by atoms with van der Waals surface area (Å²) in [6.45, 7) is 5.36. The maximum Gasteiger partial charge on any atom is 0.292 e. The monoisotopic (exact) mass is 292 g/mol. The standard InChI is InChI=1S/C15H24N4O2/c1-16-14-11-13(5-6-15(14)19(20)21)12-17(2)9-10-18-7-3-4-8-18/h5-6,11,16H,3-4,7-10,12H2,1-2H3. The zero-order valence-corrected chi connectivity index (χ0v) is 12.8. The number of nitrogens with zero attached hydrogens (tertiary/aromatic N) is 3. The number of likely N-dealkylation sites (tertiary alicyclic amines) is 1. The molecular weight excluding hydrogens is 268 g/mol. The van der Waals surface area contributed by atoms with E-state index < -0.39 is 0 Å². The number of anilines is 1. The van der Waals surface area contributed by atoms with Gasteiger partial charge >= 0.3 is 0 Å². The minimum absolute atomic E-state index is 0.126. The van der Waals surface area contributed by atoms with E-state index in [-0.39, 0.29) is 10.6 Å². The summed E-state index contributed by atoms with van der Waals surface area (Å²) in [5.41, 5.74) is 1.79. The molecule has 21 heavy (non-hydrogen) atoms. The molecule has 2 rings (SSSR count). The average Bonchev–Trinajstić information content (AvgIpc) is 2.98. The topological polar surface area (TPSA) is 61.6 Å². The van der Waals surface area contributed by atoms with Crippen LogP contribution in [0.3, 0.4) is 0 Å². The highest BCUT2D eigenvalue weighted by Crippen LogP contribution is 2.25. The van der Waals surface area contributed by atoms with E-state index in [1.165, 1.54) is 25.9 Å². The number of nitro groups is 1. The molecule has 6 heteroatoms. The molecule has 0 amide bonds. The van der Waals surface area contributed by atoms with Crippen molar-refractivity contribution in [1.82, 2.24) is 9.80 Å². The number of nitrogens with one attached hydrogen (secondary N) is 1. The predicted octanol–water partition coefficient (Wildman–Crippen LogP) is 2.16. The highest BCUT2D eigenvalue weighted by atomic mass is 16.6. The lowest BCUT2D eigenvalue weighted by Crippen LogP contribution is -2.31. The minimum atomic E-state index is -0.354. The Hall–Kier alpha value is -1.66. The molecule has 0 bridgehead atoms. The van der Waals surface area contributed by atoms with Crippen LogP contribution in [0.1, 0.15) is 18.4 Å². The van der Waals surface area contributed by atoms with Crippen LogP contribution < -0.4 is 5.32 Å². The normalized spacial score (nSPS) is 15.6. The maximum absolute atomic E-state index is 10.9. The van der Waals surface area contributed by atoms with Crippen LogP contribution in [0.4, 0.5) is 11.4 Å². The number of benzene rings is 1. The van der Waals surface area contributed by atoms with Gasteiger partial charge in [0.2, 0.25) is 0 Å². The number of rotatable bonds is 7. The van der Waals surface area contributed by atoms with Crippen LogP contribution in [0.5, 0.6) is 0 Å². The molecule has 0 spiro atoms. The molecular formula is C15H24N4O2. The molecule has 1 aliphatic rings. The van der Waals surface area contributed by atoms with Crippen LogP contribution in [0.25, 0.3) is 0 Å². The summed E-state index contributed by atoms with van der Waals surface area (Å²) in [7, 11) is 3.81. The van der Waals surface area contributed by atoms with Gasteiger partial charge in [0, 0.05) is 32.7 Å². The number of likely N-dealkylation sites (N-methyl/N-ethyl adjacent to an activating group) is 1. The Morgan fingerprint density at radius 1 is 1.38 bits per heavy atom. The van der Waals surface area contributed by atoms with Crippen molar-refractivity contribution >= 4 is 11.4 Å². The molecule has 0 aromatic heterocycles. The van der Waals surface area contributed by atoms with Crippen molar-refractivity contribution in [3.05, 3.63) is 33.9 Å². The Kier molecular flexibility index (Phi) is 5.52. The fraction of sp³-hybridized carbons (Fsp3) is 0.600. The molecule has 0 unspecified atom stereocenters. The maximum atomic E-state index is 10.9. The van der Waals surface area contributed by atoms with Crippen LogP contribution in [0.15, 0.2) is 18.2 Å². The molecule has 1 N–H and O–H groups in total. The molecule has 0 aliphatic carbocycles. The highest BCUT2D eigenvalue weighted by molar-refractivity contribution is 5.62. The second-order valence-corrected chi connectivity index (χ2v) is 5.65. The first-order chi connectivity index (χ1) is 10.1. The second-order valence-electron chi connectivity index (χ2n) is 5.65. The lowest BCUT2D eigenvalue weighted by atomic mass is 10.1. The zero-order valence-electron chi connectivity index (χ0n) is 12.8. The van der Waals surface area contributed by atoms with Crippen molar-refractivity contribution < 1.29 is 4.92 Å². The van der Waals surface area contributed by atoms with Gasteiger partial charge in [-0.3, -0.25) is 10.1 Å². The second kappa shape index (κ2) is 7.38. The third-order valence-electron chi connectivity index (χ3n) is 3.98. The highest BCUT2D eigenvalue weighted by Gasteiger charge is 2.14. The predicted molar refractivity (Wildman–Crippen MR) is 84.7 cm³/mol. The fourth-order valence-corrected chi connectivity index (χ4v) is 2.75. The van der Waals surface area contributed by atoms with Gasteiger partial charge in [-0.2, -0.15) is 0 Å². The zero-order chi connectivity index (χ0) is 15.2. The molecule has 1 heterocycles. The summed E-state index contributed by atoms with van der Waals surface area (Å²) in [5, 5.41) is 13.8. The summed E-state index contributed by atoms with van der Waals surface area (Å²) >= 11 is 0. The van der Waals surface area contributed by atoms with E-state index in [1.807, 2.05) is 12.1 Å². The van der Waals surface area contributed by atoms with E-state index in [2.05, 4.69) is 22.2 Å². The average molecular weight is 292 g/mol. The van der Waals surface area contributed by atoms with Crippen molar-refractivity contribution in [2.45, 2.75) is 19.4 Å². The van der Waals surface area contributed by atoms with E-state index in [1.54, 1.807) is 13.1 Å². The Bertz CT molecular complexity index is 487. The van der Waals surface area contributed by atoms with Crippen LogP contribution in [-0.2, 0) is 6.54 Å². The van der Waals surface area contributed by atoms with Crippen molar-refractivity contribution in [3.8, 4) is 0 Å². The molecule has 1 aliphatic heterocycles. The summed E-state index contributed by atoms with van der Waals surface area (Å²) in [6, 6.07) is 5.28.